The molecule has 4 heteroatoms. The molecule has 94 valence electrons. The summed E-state index contributed by atoms with van der Waals surface area (Å²) in [7, 11) is 0. The second-order valence-electron chi connectivity index (χ2n) is 4.10. The zero-order valence-electron chi connectivity index (χ0n) is 10.6. The summed E-state index contributed by atoms with van der Waals surface area (Å²) < 4.78 is 5.64. The van der Waals surface area contributed by atoms with Crippen LogP contribution in [-0.2, 0) is 0 Å². The predicted octanol–water partition coefficient (Wildman–Crippen LogP) is 3.17. The molecule has 0 saturated carbocycles. The van der Waals surface area contributed by atoms with Crippen LogP contribution in [-0.4, -0.2) is 17.8 Å². The zero-order valence-corrected chi connectivity index (χ0v) is 11.4. The van der Waals surface area contributed by atoms with Crippen molar-refractivity contribution in [2.75, 3.05) is 11.9 Å². The highest BCUT2D eigenvalue weighted by Crippen LogP contribution is 2.23. The van der Waals surface area contributed by atoms with E-state index in [1.54, 1.807) is 0 Å². The Balaban J connectivity index is 2.65. The van der Waals surface area contributed by atoms with Crippen LogP contribution in [0.3, 0.4) is 0 Å². The van der Waals surface area contributed by atoms with Crippen LogP contribution in [0.2, 0.25) is 0 Å². The van der Waals surface area contributed by atoms with Crippen LogP contribution in [0.25, 0.3) is 0 Å². The van der Waals surface area contributed by atoms with Gasteiger partial charge in [-0.05, 0) is 44.6 Å². The SMILES string of the molecule is CCCOc1ccccc1NC(=S)NC(C)C. The van der Waals surface area contributed by atoms with Gasteiger partial charge < -0.3 is 15.4 Å². The Bertz CT molecular complexity index is 366. The fourth-order valence-electron chi connectivity index (χ4n) is 1.33. The third kappa shape index (κ3) is 5.04. The average Bonchev–Trinajstić information content (AvgIpc) is 2.26. The van der Waals surface area contributed by atoms with E-state index in [0.29, 0.717) is 17.8 Å². The smallest absolute Gasteiger partial charge is 0.171 e. The van der Waals surface area contributed by atoms with Gasteiger partial charge in [-0.2, -0.15) is 0 Å². The molecule has 0 aliphatic rings. The van der Waals surface area contributed by atoms with Gasteiger partial charge in [-0.1, -0.05) is 19.1 Å². The molecular weight excluding hydrogens is 232 g/mol. The van der Waals surface area contributed by atoms with Crippen LogP contribution in [0.5, 0.6) is 5.75 Å². The first-order valence-corrected chi connectivity index (χ1v) is 6.33. The lowest BCUT2D eigenvalue weighted by atomic mass is 10.3. The number of thiocarbonyl (C=S) groups is 1. The molecule has 0 bridgehead atoms. The molecule has 0 aliphatic heterocycles. The number of benzene rings is 1. The predicted molar refractivity (Wildman–Crippen MR) is 76.7 cm³/mol. The van der Waals surface area contributed by atoms with Gasteiger partial charge in [0, 0.05) is 6.04 Å². The minimum atomic E-state index is 0.318. The van der Waals surface area contributed by atoms with E-state index in [4.69, 9.17) is 17.0 Å². The van der Waals surface area contributed by atoms with Crippen LogP contribution in [0.15, 0.2) is 24.3 Å². The van der Waals surface area contributed by atoms with Crippen molar-refractivity contribution in [3.63, 3.8) is 0 Å². The first kappa shape index (κ1) is 13.8. The van der Waals surface area contributed by atoms with Gasteiger partial charge in [0.15, 0.2) is 5.11 Å². The summed E-state index contributed by atoms with van der Waals surface area (Å²) in [5, 5.41) is 6.90. The number of ether oxygens (including phenoxy) is 1. The number of rotatable bonds is 5. The molecule has 0 spiro atoms. The van der Waals surface area contributed by atoms with E-state index in [-0.39, 0.29) is 0 Å². The molecule has 2 N–H and O–H groups in total. The fraction of sp³-hybridized carbons (Fsp3) is 0.462. The molecule has 0 fully saturated rings. The zero-order chi connectivity index (χ0) is 12.7. The molecule has 1 rings (SSSR count). The van der Waals surface area contributed by atoms with E-state index in [0.717, 1.165) is 17.9 Å². The molecule has 0 saturated heterocycles. The largest absolute Gasteiger partial charge is 0.491 e. The van der Waals surface area contributed by atoms with Gasteiger partial charge in [0.2, 0.25) is 0 Å². The van der Waals surface area contributed by atoms with Crippen molar-refractivity contribution in [2.24, 2.45) is 0 Å². The molecule has 1 aromatic carbocycles. The molecule has 0 aliphatic carbocycles. The molecule has 0 atom stereocenters. The van der Waals surface area contributed by atoms with E-state index in [2.05, 4.69) is 17.6 Å². The normalized spacial score (nSPS) is 10.1. The highest BCUT2D eigenvalue weighted by Gasteiger charge is 2.05. The first-order valence-electron chi connectivity index (χ1n) is 5.92. The lowest BCUT2D eigenvalue weighted by molar-refractivity contribution is 0.319. The Kier molecular flexibility index (Phi) is 5.77. The van der Waals surface area contributed by atoms with Gasteiger partial charge in [0.1, 0.15) is 5.75 Å². The molecule has 0 amide bonds. The Hall–Kier alpha value is -1.29. The van der Waals surface area contributed by atoms with Crippen molar-refractivity contribution in [3.8, 4) is 5.75 Å². The lowest BCUT2D eigenvalue weighted by Gasteiger charge is -2.16. The molecule has 17 heavy (non-hydrogen) atoms. The Morgan fingerprint density at radius 1 is 1.35 bits per heavy atom. The molecule has 0 radical (unpaired) electrons. The number of hydrogen-bond donors (Lipinski definition) is 2. The maximum Gasteiger partial charge on any atom is 0.171 e. The van der Waals surface area contributed by atoms with E-state index in [1.165, 1.54) is 0 Å². The fourth-order valence-corrected chi connectivity index (χ4v) is 1.67. The van der Waals surface area contributed by atoms with E-state index in [9.17, 15) is 0 Å². The van der Waals surface area contributed by atoms with Gasteiger partial charge in [0.25, 0.3) is 0 Å². The Morgan fingerprint density at radius 3 is 2.71 bits per heavy atom. The molecule has 1 aromatic rings. The number of nitrogens with one attached hydrogen (secondary N) is 2. The lowest BCUT2D eigenvalue weighted by Crippen LogP contribution is -2.34. The third-order valence-corrected chi connectivity index (χ3v) is 2.24. The molecule has 0 heterocycles. The highest BCUT2D eigenvalue weighted by atomic mass is 32.1. The van der Waals surface area contributed by atoms with Crippen molar-refractivity contribution in [1.29, 1.82) is 0 Å². The van der Waals surface area contributed by atoms with Crippen LogP contribution in [0.4, 0.5) is 5.69 Å². The minimum absolute atomic E-state index is 0.318. The van der Waals surface area contributed by atoms with Gasteiger partial charge in [-0.25, -0.2) is 0 Å². The molecule has 3 nitrogen and oxygen atoms in total. The van der Waals surface area contributed by atoms with Crippen LogP contribution < -0.4 is 15.4 Å². The summed E-state index contributed by atoms with van der Waals surface area (Å²) in [4.78, 5) is 0. The van der Waals surface area contributed by atoms with Crippen molar-refractivity contribution in [3.05, 3.63) is 24.3 Å². The highest BCUT2D eigenvalue weighted by molar-refractivity contribution is 7.80. The summed E-state index contributed by atoms with van der Waals surface area (Å²) in [5.74, 6) is 0.835. The van der Waals surface area contributed by atoms with Crippen molar-refractivity contribution in [2.45, 2.75) is 33.2 Å². The van der Waals surface area contributed by atoms with E-state index < -0.39 is 0 Å². The van der Waals surface area contributed by atoms with Crippen LogP contribution in [0, 0.1) is 0 Å². The maximum absolute atomic E-state index is 5.64. The Labute approximate surface area is 109 Å². The van der Waals surface area contributed by atoms with Crippen molar-refractivity contribution >= 4 is 23.0 Å². The molecular formula is C13H20N2OS. The third-order valence-electron chi connectivity index (χ3n) is 2.02. The summed E-state index contributed by atoms with van der Waals surface area (Å²) in [6.45, 7) is 6.89. The monoisotopic (exact) mass is 252 g/mol. The van der Waals surface area contributed by atoms with E-state index >= 15 is 0 Å². The minimum Gasteiger partial charge on any atom is -0.491 e. The number of hydrogen-bond acceptors (Lipinski definition) is 2. The first-order chi connectivity index (χ1) is 8.13. The number of para-hydroxylation sites is 2. The second kappa shape index (κ2) is 7.12. The summed E-state index contributed by atoms with van der Waals surface area (Å²) in [5.41, 5.74) is 0.902. The summed E-state index contributed by atoms with van der Waals surface area (Å²) >= 11 is 5.21. The molecule has 0 unspecified atom stereocenters. The summed E-state index contributed by atoms with van der Waals surface area (Å²) in [6, 6.07) is 8.13. The maximum atomic E-state index is 5.64. The molecule has 0 aromatic heterocycles. The average molecular weight is 252 g/mol. The van der Waals surface area contributed by atoms with Crippen molar-refractivity contribution < 1.29 is 4.74 Å². The van der Waals surface area contributed by atoms with Crippen LogP contribution >= 0.6 is 12.2 Å². The van der Waals surface area contributed by atoms with Gasteiger partial charge in [0.05, 0.1) is 12.3 Å². The summed E-state index contributed by atoms with van der Waals surface area (Å²) in [6.07, 6.45) is 0.989. The van der Waals surface area contributed by atoms with Crippen LogP contribution in [0.1, 0.15) is 27.2 Å². The standard InChI is InChI=1S/C13H20N2OS/c1-4-9-16-12-8-6-5-7-11(12)15-13(17)14-10(2)3/h5-8,10H,4,9H2,1-3H3,(H2,14,15,17). The van der Waals surface area contributed by atoms with Crippen molar-refractivity contribution in [1.82, 2.24) is 5.32 Å². The van der Waals surface area contributed by atoms with Gasteiger partial charge in [-0.15, -0.1) is 0 Å². The van der Waals surface area contributed by atoms with Gasteiger partial charge in [-0.3, -0.25) is 0 Å². The van der Waals surface area contributed by atoms with E-state index in [1.807, 2.05) is 38.1 Å². The quantitative estimate of drug-likeness (QED) is 0.789. The number of anilines is 1. The topological polar surface area (TPSA) is 33.3 Å². The van der Waals surface area contributed by atoms with Gasteiger partial charge >= 0.3 is 0 Å². The second-order valence-corrected chi connectivity index (χ2v) is 4.51. The Morgan fingerprint density at radius 2 is 2.06 bits per heavy atom.